The van der Waals surface area contributed by atoms with Crippen molar-refractivity contribution in [2.24, 2.45) is 10.9 Å². The number of fused-ring (bicyclic) bond motifs is 3. The summed E-state index contributed by atoms with van der Waals surface area (Å²) in [5.41, 5.74) is 10.8. The van der Waals surface area contributed by atoms with Gasteiger partial charge in [0.05, 0.1) is 5.69 Å². The van der Waals surface area contributed by atoms with Crippen molar-refractivity contribution in [1.82, 2.24) is 9.80 Å². The van der Waals surface area contributed by atoms with Crippen LogP contribution >= 0.6 is 11.6 Å². The molecule has 1 unspecified atom stereocenters. The predicted octanol–water partition coefficient (Wildman–Crippen LogP) is 8.13. The molecule has 2 aliphatic heterocycles. The average Bonchev–Trinajstić information content (AvgIpc) is 2.92. The monoisotopic (exact) mass is 479 g/mol. The molecule has 1 aliphatic carbocycles. The SMILES string of the molecule is C=C(C)c1cc(Cl)cc2c1N=C(N1CCN(C)CC1)CC1CCCC(CC)=C(C)CC(CC)=C21. The molecule has 34 heavy (non-hydrogen) atoms. The Morgan fingerprint density at radius 1 is 1.12 bits per heavy atom. The molecule has 4 heteroatoms. The van der Waals surface area contributed by atoms with E-state index >= 15 is 0 Å². The highest BCUT2D eigenvalue weighted by atomic mass is 35.5. The molecule has 0 saturated carbocycles. The Hall–Kier alpha value is -1.84. The molecular weight excluding hydrogens is 438 g/mol. The molecule has 1 saturated heterocycles. The van der Waals surface area contributed by atoms with Gasteiger partial charge in [-0.1, -0.05) is 48.7 Å². The Bertz CT molecular complexity index is 1040. The number of hydrogen-bond donors (Lipinski definition) is 0. The second-order valence-corrected chi connectivity index (χ2v) is 11.0. The van der Waals surface area contributed by atoms with Crippen LogP contribution in [0.1, 0.15) is 83.8 Å². The molecule has 0 aromatic heterocycles. The van der Waals surface area contributed by atoms with Crippen LogP contribution in [0.3, 0.4) is 0 Å². The highest BCUT2D eigenvalue weighted by Gasteiger charge is 2.31. The van der Waals surface area contributed by atoms with Gasteiger partial charge in [-0.05, 0) is 88.6 Å². The summed E-state index contributed by atoms with van der Waals surface area (Å²) in [6.07, 6.45) is 8.00. The maximum Gasteiger partial charge on any atom is 0.106 e. The standard InChI is InChI=1S/C30H42ClN3/c1-7-22-10-9-11-24-17-28(34-14-12-33(6)13-15-34)32-30-26(20(3)4)18-25(31)19-27(30)29(24)23(8-2)16-21(22)5/h18-19,24H,3,7-17H2,1-2,4-6H3. The maximum atomic E-state index is 6.74. The van der Waals surface area contributed by atoms with Crippen LogP contribution in [-0.4, -0.2) is 48.9 Å². The number of amidine groups is 1. The van der Waals surface area contributed by atoms with Crippen LogP contribution < -0.4 is 0 Å². The number of aliphatic imine (C=N–C) groups is 1. The quantitative estimate of drug-likeness (QED) is 0.407. The van der Waals surface area contributed by atoms with E-state index in [2.05, 4.69) is 63.3 Å². The maximum absolute atomic E-state index is 6.74. The van der Waals surface area contributed by atoms with Crippen molar-refractivity contribution >= 4 is 34.3 Å². The van der Waals surface area contributed by atoms with Crippen molar-refractivity contribution in [1.29, 1.82) is 0 Å². The van der Waals surface area contributed by atoms with Crippen molar-refractivity contribution in [3.05, 3.63) is 51.6 Å². The van der Waals surface area contributed by atoms with Gasteiger partial charge in [0.1, 0.15) is 5.84 Å². The van der Waals surface area contributed by atoms with E-state index in [1.165, 1.54) is 42.7 Å². The fraction of sp³-hybridized carbons (Fsp3) is 0.567. The zero-order valence-corrected chi connectivity index (χ0v) is 22.7. The van der Waals surface area contributed by atoms with Crippen molar-refractivity contribution in [3.63, 3.8) is 0 Å². The fourth-order valence-corrected chi connectivity index (χ4v) is 6.29. The van der Waals surface area contributed by atoms with Crippen LogP contribution in [0.25, 0.3) is 11.1 Å². The lowest BCUT2D eigenvalue weighted by Gasteiger charge is -2.35. The number of allylic oxidation sites excluding steroid dienone is 5. The molecule has 0 amide bonds. The minimum absolute atomic E-state index is 0.482. The van der Waals surface area contributed by atoms with Crippen LogP contribution in [0.4, 0.5) is 5.69 Å². The first-order valence-electron chi connectivity index (χ1n) is 13.2. The first kappa shape index (κ1) is 25.3. The average molecular weight is 480 g/mol. The molecule has 3 nitrogen and oxygen atoms in total. The second kappa shape index (κ2) is 10.8. The van der Waals surface area contributed by atoms with Gasteiger partial charge in [-0.25, -0.2) is 4.99 Å². The number of halogens is 1. The summed E-state index contributed by atoms with van der Waals surface area (Å²) in [4.78, 5) is 10.4. The van der Waals surface area contributed by atoms with Gasteiger partial charge >= 0.3 is 0 Å². The predicted molar refractivity (Wildman–Crippen MR) is 149 cm³/mol. The lowest BCUT2D eigenvalue weighted by atomic mass is 9.80. The van der Waals surface area contributed by atoms with Gasteiger partial charge in [0.2, 0.25) is 0 Å². The molecular formula is C30H42ClN3. The molecule has 184 valence electrons. The highest BCUT2D eigenvalue weighted by molar-refractivity contribution is 6.31. The number of benzene rings is 1. The lowest BCUT2D eigenvalue weighted by Crippen LogP contribution is -2.47. The summed E-state index contributed by atoms with van der Waals surface area (Å²) >= 11 is 6.74. The Labute approximate surface area is 212 Å². The topological polar surface area (TPSA) is 18.8 Å². The Kier molecular flexibility index (Phi) is 8.05. The van der Waals surface area contributed by atoms with Gasteiger partial charge in [-0.15, -0.1) is 0 Å². The third-order valence-corrected chi connectivity index (χ3v) is 8.34. The Balaban J connectivity index is 1.93. The number of piperazine rings is 1. The normalized spacial score (nSPS) is 22.4. The molecule has 1 fully saturated rings. The fourth-order valence-electron chi connectivity index (χ4n) is 6.07. The van der Waals surface area contributed by atoms with Crippen molar-refractivity contribution in [3.8, 4) is 0 Å². The van der Waals surface area contributed by atoms with E-state index in [0.29, 0.717) is 5.92 Å². The first-order chi connectivity index (χ1) is 16.3. The smallest absolute Gasteiger partial charge is 0.106 e. The first-order valence-corrected chi connectivity index (χ1v) is 13.6. The molecule has 3 aliphatic rings. The largest absolute Gasteiger partial charge is 0.357 e. The number of rotatable bonds is 3. The molecule has 0 N–H and O–H groups in total. The van der Waals surface area contributed by atoms with Crippen LogP contribution in [0, 0.1) is 5.92 Å². The van der Waals surface area contributed by atoms with E-state index in [9.17, 15) is 0 Å². The molecule has 2 heterocycles. The zero-order chi connectivity index (χ0) is 24.4. The van der Waals surface area contributed by atoms with E-state index in [1.807, 2.05) is 0 Å². The van der Waals surface area contributed by atoms with Gasteiger partial charge in [0.15, 0.2) is 0 Å². The summed E-state index contributed by atoms with van der Waals surface area (Å²) in [6.45, 7) is 17.7. The van der Waals surface area contributed by atoms with Gasteiger partial charge < -0.3 is 9.80 Å². The van der Waals surface area contributed by atoms with Gasteiger partial charge in [-0.2, -0.15) is 0 Å². The van der Waals surface area contributed by atoms with E-state index in [1.54, 1.807) is 16.7 Å². The Morgan fingerprint density at radius 3 is 2.47 bits per heavy atom. The van der Waals surface area contributed by atoms with Gasteiger partial charge in [0.25, 0.3) is 0 Å². The Morgan fingerprint density at radius 2 is 1.82 bits per heavy atom. The number of hydrogen-bond acceptors (Lipinski definition) is 3. The van der Waals surface area contributed by atoms with E-state index < -0.39 is 0 Å². The molecule has 1 atom stereocenters. The van der Waals surface area contributed by atoms with E-state index in [4.69, 9.17) is 16.6 Å². The molecule has 1 aromatic carbocycles. The lowest BCUT2D eigenvalue weighted by molar-refractivity contribution is 0.212. The van der Waals surface area contributed by atoms with Gasteiger partial charge in [0, 0.05) is 48.7 Å². The summed E-state index contributed by atoms with van der Waals surface area (Å²) in [5.74, 6) is 1.74. The molecule has 0 radical (unpaired) electrons. The zero-order valence-electron chi connectivity index (χ0n) is 21.9. The molecule has 1 aromatic rings. The third-order valence-electron chi connectivity index (χ3n) is 8.12. The van der Waals surface area contributed by atoms with Crippen LogP contribution in [0.15, 0.2) is 40.4 Å². The molecule has 0 bridgehead atoms. The second-order valence-electron chi connectivity index (χ2n) is 10.5. The summed E-state index contributed by atoms with van der Waals surface area (Å²) in [6, 6.07) is 4.26. The van der Waals surface area contributed by atoms with E-state index in [0.717, 1.165) is 67.3 Å². The van der Waals surface area contributed by atoms with Crippen molar-refractivity contribution in [2.75, 3.05) is 33.2 Å². The van der Waals surface area contributed by atoms with E-state index in [-0.39, 0.29) is 0 Å². The minimum Gasteiger partial charge on any atom is -0.357 e. The van der Waals surface area contributed by atoms with Crippen LogP contribution in [0.2, 0.25) is 5.02 Å². The number of nitrogens with zero attached hydrogens (tertiary/aromatic N) is 3. The highest BCUT2D eigenvalue weighted by Crippen LogP contribution is 2.47. The van der Waals surface area contributed by atoms with Crippen LogP contribution in [-0.2, 0) is 0 Å². The summed E-state index contributed by atoms with van der Waals surface area (Å²) < 4.78 is 0. The number of likely N-dealkylation sites (N-methyl/N-ethyl adjacent to an activating group) is 1. The molecule has 0 spiro atoms. The van der Waals surface area contributed by atoms with Crippen molar-refractivity contribution < 1.29 is 0 Å². The third kappa shape index (κ3) is 5.21. The van der Waals surface area contributed by atoms with Crippen LogP contribution in [0.5, 0.6) is 0 Å². The summed E-state index contributed by atoms with van der Waals surface area (Å²) in [7, 11) is 2.22. The summed E-state index contributed by atoms with van der Waals surface area (Å²) in [5, 5.41) is 0.790. The van der Waals surface area contributed by atoms with Gasteiger partial charge in [-0.3, -0.25) is 0 Å². The van der Waals surface area contributed by atoms with Crippen molar-refractivity contribution in [2.45, 2.75) is 72.6 Å². The minimum atomic E-state index is 0.482. The molecule has 4 rings (SSSR count).